The molecule has 0 N–H and O–H groups in total. The van der Waals surface area contributed by atoms with E-state index in [4.69, 9.17) is 0 Å². The van der Waals surface area contributed by atoms with Crippen LogP contribution in [-0.2, 0) is 9.59 Å². The molecule has 0 saturated heterocycles. The van der Waals surface area contributed by atoms with Crippen molar-refractivity contribution in [1.82, 2.24) is 0 Å². The van der Waals surface area contributed by atoms with Crippen molar-refractivity contribution in [2.24, 2.45) is 0 Å². The zero-order valence-corrected chi connectivity index (χ0v) is 19.5. The van der Waals surface area contributed by atoms with E-state index < -0.39 is 11.9 Å². The molecule has 156 valence electrons. The average molecular weight is 395 g/mol. The van der Waals surface area contributed by atoms with Crippen LogP contribution in [0.2, 0.25) is 0 Å². The van der Waals surface area contributed by atoms with Crippen molar-refractivity contribution in [3.63, 3.8) is 0 Å². The first-order chi connectivity index (χ1) is 12.5. The summed E-state index contributed by atoms with van der Waals surface area (Å²) < 4.78 is 0. The second-order valence-electron chi connectivity index (χ2n) is 7.19. The fraction of sp³-hybridized carbons (Fsp3) is 0.909. The van der Waals surface area contributed by atoms with Crippen LogP contribution in [0.4, 0.5) is 0 Å². The third-order valence-electron chi connectivity index (χ3n) is 4.47. The van der Waals surface area contributed by atoms with Crippen LogP contribution in [0.15, 0.2) is 0 Å². The van der Waals surface area contributed by atoms with Gasteiger partial charge in [0.05, 0.1) is 0 Å². The summed E-state index contributed by atoms with van der Waals surface area (Å²) in [6.07, 6.45) is 19.5. The average Bonchev–Trinajstić information content (AvgIpc) is 2.60. The van der Waals surface area contributed by atoms with Crippen molar-refractivity contribution < 1.29 is 19.8 Å². The van der Waals surface area contributed by atoms with Crippen LogP contribution in [0.3, 0.4) is 0 Å². The molecule has 0 aliphatic rings. The molecule has 4 nitrogen and oxygen atoms in total. The van der Waals surface area contributed by atoms with Crippen LogP contribution in [-0.4, -0.2) is 35.0 Å². The topological polar surface area (TPSA) is 80.3 Å². The first kappa shape index (κ1) is 31.4. The Bertz CT molecular complexity index is 279. The van der Waals surface area contributed by atoms with Crippen LogP contribution in [0, 0.1) is 0 Å². The molecule has 0 rings (SSSR count). The Morgan fingerprint density at radius 1 is 0.481 bits per heavy atom. The van der Waals surface area contributed by atoms with Crippen molar-refractivity contribution in [3.05, 3.63) is 0 Å². The maximum Gasteiger partial charge on any atom is 2.00 e. The maximum atomic E-state index is 10.1. The van der Waals surface area contributed by atoms with Crippen LogP contribution < -0.4 is 10.2 Å². The minimum Gasteiger partial charge on any atom is -0.550 e. The van der Waals surface area contributed by atoms with Gasteiger partial charge in [0.2, 0.25) is 0 Å². The summed E-state index contributed by atoms with van der Waals surface area (Å²) in [5.74, 6) is -1.82. The Labute approximate surface area is 184 Å². The molecule has 0 aromatic rings. The molecule has 0 aromatic heterocycles. The van der Waals surface area contributed by atoms with Crippen molar-refractivity contribution in [1.29, 1.82) is 0 Å². The monoisotopic (exact) mass is 394 g/mol. The summed E-state index contributed by atoms with van der Waals surface area (Å²) >= 11 is 0. The van der Waals surface area contributed by atoms with E-state index >= 15 is 0 Å². The zero-order valence-electron chi connectivity index (χ0n) is 18.1. The van der Waals surface area contributed by atoms with Crippen LogP contribution in [0.5, 0.6) is 0 Å². The van der Waals surface area contributed by atoms with Gasteiger partial charge < -0.3 is 19.8 Å². The van der Waals surface area contributed by atoms with Gasteiger partial charge in [-0.05, 0) is 25.7 Å². The molecular weight excluding hydrogens is 353 g/mol. The Morgan fingerprint density at radius 2 is 0.704 bits per heavy atom. The van der Waals surface area contributed by atoms with Crippen LogP contribution in [0.25, 0.3) is 0 Å². The van der Waals surface area contributed by atoms with Crippen molar-refractivity contribution in [2.75, 3.05) is 0 Å². The van der Waals surface area contributed by atoms with Crippen molar-refractivity contribution in [2.45, 2.75) is 129 Å². The summed E-state index contributed by atoms with van der Waals surface area (Å²) in [5.41, 5.74) is 0. The van der Waals surface area contributed by atoms with Gasteiger partial charge in [-0.1, -0.05) is 104 Å². The molecule has 0 fully saturated rings. The molecule has 0 saturated carbocycles. The third kappa shape index (κ3) is 37.2. The van der Waals surface area contributed by atoms with E-state index in [1.165, 1.54) is 77.0 Å². The second kappa shape index (κ2) is 27.9. The van der Waals surface area contributed by atoms with E-state index in [0.717, 1.165) is 25.7 Å². The Morgan fingerprint density at radius 3 is 0.926 bits per heavy atom. The number of hydrogen-bond acceptors (Lipinski definition) is 4. The number of rotatable bonds is 18. The number of carboxylic acid groups (broad SMARTS) is 2. The number of hydrogen-bond donors (Lipinski definition) is 0. The quantitative estimate of drug-likeness (QED) is 0.258. The van der Waals surface area contributed by atoms with E-state index in [9.17, 15) is 19.8 Å². The second-order valence-corrected chi connectivity index (χ2v) is 7.19. The Kier molecular flexibility index (Phi) is 32.5. The smallest absolute Gasteiger partial charge is 0.550 e. The fourth-order valence-corrected chi connectivity index (χ4v) is 2.81. The Hall–Kier alpha value is -0.294. The molecule has 5 heteroatoms. The molecule has 0 amide bonds. The number of carbonyl (C=O) groups is 2. The number of aliphatic carboxylic acids is 2. The molecule has 0 atom stereocenters. The molecule has 0 heterocycles. The van der Waals surface area contributed by atoms with Gasteiger partial charge in [0.25, 0.3) is 0 Å². The van der Waals surface area contributed by atoms with Crippen LogP contribution in [0.1, 0.15) is 129 Å². The third-order valence-corrected chi connectivity index (χ3v) is 4.47. The molecule has 0 aliphatic carbocycles. The summed E-state index contributed by atoms with van der Waals surface area (Å²) in [7, 11) is 0. The minimum absolute atomic E-state index is 0. The molecule has 0 radical (unpaired) electrons. The predicted molar refractivity (Wildman–Crippen MR) is 110 cm³/mol. The molecule has 0 aliphatic heterocycles. The molecule has 0 unspecified atom stereocenters. The first-order valence-corrected chi connectivity index (χ1v) is 10.9. The molecular formula is C22H42MgO4. The van der Waals surface area contributed by atoms with Gasteiger partial charge in [-0.2, -0.15) is 0 Å². The Balaban J connectivity index is -0.000000411. The van der Waals surface area contributed by atoms with Gasteiger partial charge in [-0.25, -0.2) is 0 Å². The largest absolute Gasteiger partial charge is 2.00 e. The number of unbranched alkanes of at least 4 members (excludes halogenated alkanes) is 14. The van der Waals surface area contributed by atoms with E-state index in [2.05, 4.69) is 13.8 Å². The fourth-order valence-electron chi connectivity index (χ4n) is 2.81. The normalized spacial score (nSPS) is 9.85. The van der Waals surface area contributed by atoms with Gasteiger partial charge >= 0.3 is 23.1 Å². The number of carboxylic acids is 2. The summed E-state index contributed by atoms with van der Waals surface area (Å²) in [6.45, 7) is 4.42. The van der Waals surface area contributed by atoms with E-state index in [0.29, 0.717) is 0 Å². The standard InChI is InChI=1S/2C11H22O2.Mg/c2*1-2-3-4-5-6-7-8-9-10-11(12)13;/h2*2-10H2,1H3,(H,12,13);/q;;+2/p-2. The molecule has 27 heavy (non-hydrogen) atoms. The zero-order chi connectivity index (χ0) is 19.9. The van der Waals surface area contributed by atoms with E-state index in [1.807, 2.05) is 0 Å². The molecule has 0 bridgehead atoms. The van der Waals surface area contributed by atoms with E-state index in [-0.39, 0.29) is 35.9 Å². The summed E-state index contributed by atoms with van der Waals surface area (Å²) in [4.78, 5) is 20.1. The van der Waals surface area contributed by atoms with Gasteiger partial charge in [0.15, 0.2) is 0 Å². The predicted octanol–water partition coefficient (Wildman–Crippen LogP) is 4.15. The van der Waals surface area contributed by atoms with Gasteiger partial charge in [-0.15, -0.1) is 0 Å². The van der Waals surface area contributed by atoms with E-state index in [1.54, 1.807) is 0 Å². The first-order valence-electron chi connectivity index (χ1n) is 10.9. The van der Waals surface area contributed by atoms with Gasteiger partial charge in [0, 0.05) is 11.9 Å². The van der Waals surface area contributed by atoms with Gasteiger partial charge in [-0.3, -0.25) is 0 Å². The summed E-state index contributed by atoms with van der Waals surface area (Å²) in [6, 6.07) is 0. The SMILES string of the molecule is CCCCCCCCCCC(=O)[O-].CCCCCCCCCCC(=O)[O-].[Mg+2]. The van der Waals surface area contributed by atoms with Crippen molar-refractivity contribution >= 4 is 35.0 Å². The van der Waals surface area contributed by atoms with Gasteiger partial charge in [0.1, 0.15) is 0 Å². The van der Waals surface area contributed by atoms with Crippen LogP contribution >= 0.6 is 0 Å². The molecule has 0 spiro atoms. The minimum atomic E-state index is -0.911. The van der Waals surface area contributed by atoms with Crippen molar-refractivity contribution in [3.8, 4) is 0 Å². The number of carbonyl (C=O) groups excluding carboxylic acids is 2. The molecule has 0 aromatic carbocycles. The summed E-state index contributed by atoms with van der Waals surface area (Å²) in [5, 5.41) is 20.1. The maximum absolute atomic E-state index is 10.1.